The van der Waals surface area contributed by atoms with Crippen LogP contribution in [0.3, 0.4) is 0 Å². The van der Waals surface area contributed by atoms with Crippen LogP contribution in [0.25, 0.3) is 0 Å². The van der Waals surface area contributed by atoms with E-state index < -0.39 is 23.2 Å². The average Bonchev–Trinajstić information content (AvgIpc) is 2.68. The van der Waals surface area contributed by atoms with Crippen LogP contribution in [0.2, 0.25) is 0 Å². The molecule has 1 fully saturated rings. The number of benzene rings is 1. The van der Waals surface area contributed by atoms with Crippen LogP contribution >= 0.6 is 0 Å². The summed E-state index contributed by atoms with van der Waals surface area (Å²) >= 11 is 0. The first kappa shape index (κ1) is 14.7. The maximum atomic E-state index is 13.4. The number of amides is 1. The number of aliphatic hydroxyl groups excluding tert-OH is 1. The number of aliphatic hydroxyl groups is 1. The lowest BCUT2D eigenvalue weighted by atomic mass is 10.1. The Morgan fingerprint density at radius 1 is 1.30 bits per heavy atom. The fourth-order valence-corrected chi connectivity index (χ4v) is 2.51. The lowest BCUT2D eigenvalue weighted by Gasteiger charge is -2.28. The van der Waals surface area contributed by atoms with Crippen LogP contribution in [0, 0.1) is 11.6 Å². The van der Waals surface area contributed by atoms with Crippen LogP contribution in [0.4, 0.5) is 14.5 Å². The van der Waals surface area contributed by atoms with Crippen molar-refractivity contribution in [1.82, 2.24) is 4.90 Å². The smallest absolute Gasteiger partial charge is 0.254 e. The number of nitrogens with zero attached hydrogens (tertiary/aromatic N) is 1. The van der Waals surface area contributed by atoms with Crippen LogP contribution in [0.5, 0.6) is 0 Å². The number of hydrogen-bond acceptors (Lipinski definition) is 3. The van der Waals surface area contributed by atoms with Gasteiger partial charge in [0.05, 0.1) is 12.6 Å². The SMILES string of the molecule is Nc1c(F)cc(C(=O)N2CCCCCC2CO)cc1F. The molecule has 1 amide bonds. The van der Waals surface area contributed by atoms with Crippen molar-refractivity contribution in [1.29, 1.82) is 0 Å². The highest BCUT2D eigenvalue weighted by molar-refractivity contribution is 5.95. The molecule has 1 aliphatic rings. The number of rotatable bonds is 2. The molecule has 1 heterocycles. The normalized spacial score (nSPS) is 19.8. The average molecular weight is 284 g/mol. The van der Waals surface area contributed by atoms with E-state index in [2.05, 4.69) is 0 Å². The molecule has 0 aromatic heterocycles. The Bertz CT molecular complexity index is 485. The van der Waals surface area contributed by atoms with Gasteiger partial charge in [-0.3, -0.25) is 4.79 Å². The van der Waals surface area contributed by atoms with E-state index in [-0.39, 0.29) is 18.2 Å². The Labute approximate surface area is 116 Å². The molecule has 4 nitrogen and oxygen atoms in total. The van der Waals surface area contributed by atoms with Crippen LogP contribution in [0.1, 0.15) is 36.0 Å². The highest BCUT2D eigenvalue weighted by Crippen LogP contribution is 2.22. The number of likely N-dealkylation sites (tertiary alicyclic amines) is 1. The third-order valence-electron chi connectivity index (χ3n) is 3.67. The summed E-state index contributed by atoms with van der Waals surface area (Å²) in [5, 5.41) is 9.37. The Morgan fingerprint density at radius 2 is 1.95 bits per heavy atom. The number of hydrogen-bond donors (Lipinski definition) is 2. The van der Waals surface area contributed by atoms with Crippen molar-refractivity contribution in [3.05, 3.63) is 29.3 Å². The monoisotopic (exact) mass is 284 g/mol. The van der Waals surface area contributed by atoms with Gasteiger partial charge in [-0.2, -0.15) is 0 Å². The third-order valence-corrected chi connectivity index (χ3v) is 3.67. The molecule has 1 unspecified atom stereocenters. The highest BCUT2D eigenvalue weighted by Gasteiger charge is 2.26. The summed E-state index contributed by atoms with van der Waals surface area (Å²) in [6.45, 7) is 0.337. The molecule has 6 heteroatoms. The van der Waals surface area contributed by atoms with Crippen molar-refractivity contribution in [3.63, 3.8) is 0 Å². The molecular formula is C14H18F2N2O2. The van der Waals surface area contributed by atoms with Crippen molar-refractivity contribution >= 4 is 11.6 Å². The summed E-state index contributed by atoms with van der Waals surface area (Å²) in [7, 11) is 0. The number of anilines is 1. The van der Waals surface area contributed by atoms with Gasteiger partial charge in [0.2, 0.25) is 0 Å². The molecule has 0 bridgehead atoms. The topological polar surface area (TPSA) is 66.6 Å². The summed E-state index contributed by atoms with van der Waals surface area (Å²) in [5.41, 5.74) is 4.53. The fraction of sp³-hybridized carbons (Fsp3) is 0.500. The Balaban J connectivity index is 2.29. The second-order valence-corrected chi connectivity index (χ2v) is 5.04. The largest absolute Gasteiger partial charge is 0.394 e. The first-order valence-electron chi connectivity index (χ1n) is 6.71. The molecule has 0 spiro atoms. The number of nitrogen functional groups attached to an aromatic ring is 1. The predicted octanol–water partition coefficient (Wildman–Crippen LogP) is 1.92. The van der Waals surface area contributed by atoms with Gasteiger partial charge in [0.1, 0.15) is 17.3 Å². The lowest BCUT2D eigenvalue weighted by Crippen LogP contribution is -2.42. The molecule has 0 radical (unpaired) electrons. The van der Waals surface area contributed by atoms with E-state index in [1.165, 1.54) is 4.90 Å². The van der Waals surface area contributed by atoms with Gasteiger partial charge < -0.3 is 15.7 Å². The third kappa shape index (κ3) is 2.90. The number of carbonyl (C=O) groups excluding carboxylic acids is 1. The van der Waals surface area contributed by atoms with Crippen molar-refractivity contribution in [2.75, 3.05) is 18.9 Å². The van der Waals surface area contributed by atoms with Gasteiger partial charge in [-0.25, -0.2) is 8.78 Å². The van der Waals surface area contributed by atoms with Crippen LogP contribution in [-0.4, -0.2) is 35.1 Å². The van der Waals surface area contributed by atoms with Crippen LogP contribution in [-0.2, 0) is 0 Å². The zero-order valence-corrected chi connectivity index (χ0v) is 11.1. The molecule has 3 N–H and O–H groups in total. The van der Waals surface area contributed by atoms with E-state index in [0.717, 1.165) is 31.4 Å². The maximum Gasteiger partial charge on any atom is 0.254 e. The zero-order valence-electron chi connectivity index (χ0n) is 11.1. The molecular weight excluding hydrogens is 266 g/mol. The number of carbonyl (C=O) groups is 1. The van der Waals surface area contributed by atoms with Gasteiger partial charge in [-0.05, 0) is 25.0 Å². The zero-order chi connectivity index (χ0) is 14.7. The van der Waals surface area contributed by atoms with Gasteiger partial charge in [0, 0.05) is 12.1 Å². The van der Waals surface area contributed by atoms with E-state index in [1.54, 1.807) is 0 Å². The predicted molar refractivity (Wildman–Crippen MR) is 71.1 cm³/mol. The summed E-state index contributed by atoms with van der Waals surface area (Å²) in [4.78, 5) is 13.9. The molecule has 0 aliphatic carbocycles. The molecule has 20 heavy (non-hydrogen) atoms. The molecule has 1 saturated heterocycles. The van der Waals surface area contributed by atoms with Crippen LogP contribution in [0.15, 0.2) is 12.1 Å². The van der Waals surface area contributed by atoms with E-state index in [0.29, 0.717) is 13.0 Å². The molecule has 2 rings (SSSR count). The Hall–Kier alpha value is -1.69. The molecule has 0 saturated carbocycles. The molecule has 110 valence electrons. The molecule has 1 aromatic carbocycles. The maximum absolute atomic E-state index is 13.4. The minimum absolute atomic E-state index is 0.0745. The van der Waals surface area contributed by atoms with Crippen molar-refractivity contribution < 1.29 is 18.7 Å². The second kappa shape index (κ2) is 6.17. The van der Waals surface area contributed by atoms with Crippen LogP contribution < -0.4 is 5.73 Å². The first-order chi connectivity index (χ1) is 9.54. The van der Waals surface area contributed by atoms with Gasteiger partial charge >= 0.3 is 0 Å². The number of nitrogens with two attached hydrogens (primary N) is 1. The lowest BCUT2D eigenvalue weighted by molar-refractivity contribution is 0.0599. The van der Waals surface area contributed by atoms with Crippen molar-refractivity contribution in [3.8, 4) is 0 Å². The quantitative estimate of drug-likeness (QED) is 0.815. The van der Waals surface area contributed by atoms with Gasteiger partial charge in [0.25, 0.3) is 5.91 Å². The van der Waals surface area contributed by atoms with E-state index in [4.69, 9.17) is 5.73 Å². The van der Waals surface area contributed by atoms with E-state index in [1.807, 2.05) is 0 Å². The van der Waals surface area contributed by atoms with Crippen molar-refractivity contribution in [2.24, 2.45) is 0 Å². The summed E-state index contributed by atoms with van der Waals surface area (Å²) in [6.07, 6.45) is 3.43. The first-order valence-corrected chi connectivity index (χ1v) is 6.71. The summed E-state index contributed by atoms with van der Waals surface area (Å²) in [6, 6.07) is 1.59. The van der Waals surface area contributed by atoms with E-state index >= 15 is 0 Å². The minimum atomic E-state index is -0.941. The number of halogens is 2. The minimum Gasteiger partial charge on any atom is -0.394 e. The molecule has 1 atom stereocenters. The second-order valence-electron chi connectivity index (χ2n) is 5.04. The molecule has 1 aliphatic heterocycles. The fourth-order valence-electron chi connectivity index (χ4n) is 2.51. The Kier molecular flexibility index (Phi) is 4.54. The van der Waals surface area contributed by atoms with Gasteiger partial charge in [0.15, 0.2) is 0 Å². The summed E-state index contributed by atoms with van der Waals surface area (Å²) in [5.74, 6) is -2.35. The highest BCUT2D eigenvalue weighted by atomic mass is 19.1. The molecule has 1 aromatic rings. The van der Waals surface area contributed by atoms with Crippen molar-refractivity contribution in [2.45, 2.75) is 31.7 Å². The standard InChI is InChI=1S/C14H18F2N2O2/c15-11-6-9(7-12(16)13(11)17)14(20)18-5-3-1-2-4-10(18)8-19/h6-7,10,19H,1-5,8,17H2. The van der Waals surface area contributed by atoms with E-state index in [9.17, 15) is 18.7 Å². The summed E-state index contributed by atoms with van der Waals surface area (Å²) < 4.78 is 26.9. The van der Waals surface area contributed by atoms with Gasteiger partial charge in [-0.15, -0.1) is 0 Å². The van der Waals surface area contributed by atoms with Gasteiger partial charge in [-0.1, -0.05) is 12.8 Å². The Morgan fingerprint density at radius 3 is 2.55 bits per heavy atom.